The topological polar surface area (TPSA) is 83.7 Å². The Morgan fingerprint density at radius 2 is 2.05 bits per heavy atom. The molecule has 1 N–H and O–H groups in total. The molecule has 0 unspecified atom stereocenters. The summed E-state index contributed by atoms with van der Waals surface area (Å²) in [7, 11) is 0. The average molecular weight is 264 g/mol. The SMILES string of the molecule is CCN(CC)c1ccc(/C=C/C(=O)O)cc1[N+](=O)[O-]. The lowest BCUT2D eigenvalue weighted by Crippen LogP contribution is -2.22. The summed E-state index contributed by atoms with van der Waals surface area (Å²) in [6, 6.07) is 4.69. The zero-order chi connectivity index (χ0) is 14.4. The van der Waals surface area contributed by atoms with Crippen LogP contribution in [0.3, 0.4) is 0 Å². The molecule has 0 fully saturated rings. The third-order valence-electron chi connectivity index (χ3n) is 2.72. The van der Waals surface area contributed by atoms with Crippen molar-refractivity contribution in [3.05, 3.63) is 40.0 Å². The summed E-state index contributed by atoms with van der Waals surface area (Å²) in [6.45, 7) is 5.18. The smallest absolute Gasteiger partial charge is 0.328 e. The molecule has 0 aromatic heterocycles. The number of carboxylic acid groups (broad SMARTS) is 1. The number of carboxylic acids is 1. The van der Waals surface area contributed by atoms with E-state index in [4.69, 9.17) is 5.11 Å². The summed E-state index contributed by atoms with van der Waals surface area (Å²) in [5.41, 5.74) is 1.02. The number of aliphatic carboxylic acids is 1. The first-order valence-corrected chi connectivity index (χ1v) is 5.94. The number of carbonyl (C=O) groups is 1. The quantitative estimate of drug-likeness (QED) is 0.485. The van der Waals surface area contributed by atoms with Gasteiger partial charge in [0.05, 0.1) is 4.92 Å². The fourth-order valence-corrected chi connectivity index (χ4v) is 1.79. The Labute approximate surface area is 111 Å². The van der Waals surface area contributed by atoms with E-state index < -0.39 is 10.9 Å². The molecule has 6 heteroatoms. The van der Waals surface area contributed by atoms with Gasteiger partial charge in [-0.15, -0.1) is 0 Å². The molecular formula is C13H16N2O4. The summed E-state index contributed by atoms with van der Waals surface area (Å²) in [6.07, 6.45) is 2.29. The molecule has 102 valence electrons. The van der Waals surface area contributed by atoms with Crippen LogP contribution in [-0.4, -0.2) is 29.1 Å². The highest BCUT2D eigenvalue weighted by molar-refractivity contribution is 5.85. The van der Waals surface area contributed by atoms with Crippen LogP contribution in [0, 0.1) is 10.1 Å². The number of nitro benzene ring substituents is 1. The van der Waals surface area contributed by atoms with Gasteiger partial charge in [0, 0.05) is 25.2 Å². The minimum atomic E-state index is -1.09. The van der Waals surface area contributed by atoms with Gasteiger partial charge in [-0.05, 0) is 31.6 Å². The van der Waals surface area contributed by atoms with E-state index in [1.165, 1.54) is 12.1 Å². The maximum Gasteiger partial charge on any atom is 0.328 e. The zero-order valence-electron chi connectivity index (χ0n) is 10.9. The van der Waals surface area contributed by atoms with Gasteiger partial charge in [-0.3, -0.25) is 10.1 Å². The Hall–Kier alpha value is -2.37. The van der Waals surface area contributed by atoms with Crippen LogP contribution in [0.25, 0.3) is 6.08 Å². The predicted octanol–water partition coefficient (Wildman–Crippen LogP) is 2.54. The molecule has 1 aromatic rings. The monoisotopic (exact) mass is 264 g/mol. The number of hydrogen-bond acceptors (Lipinski definition) is 4. The normalized spacial score (nSPS) is 10.6. The molecule has 19 heavy (non-hydrogen) atoms. The van der Waals surface area contributed by atoms with Crippen molar-refractivity contribution < 1.29 is 14.8 Å². The van der Waals surface area contributed by atoms with Gasteiger partial charge in [-0.25, -0.2) is 4.79 Å². The molecule has 0 radical (unpaired) electrons. The molecule has 0 saturated carbocycles. The van der Waals surface area contributed by atoms with Gasteiger partial charge in [0.25, 0.3) is 5.69 Å². The van der Waals surface area contributed by atoms with Gasteiger partial charge in [0.15, 0.2) is 0 Å². The van der Waals surface area contributed by atoms with E-state index >= 15 is 0 Å². The number of rotatable bonds is 6. The molecule has 6 nitrogen and oxygen atoms in total. The van der Waals surface area contributed by atoms with E-state index in [0.29, 0.717) is 24.3 Å². The van der Waals surface area contributed by atoms with E-state index in [1.807, 2.05) is 18.7 Å². The van der Waals surface area contributed by atoms with Crippen molar-refractivity contribution in [3.63, 3.8) is 0 Å². The van der Waals surface area contributed by atoms with Crippen LogP contribution < -0.4 is 4.90 Å². The molecule has 0 amide bonds. The van der Waals surface area contributed by atoms with E-state index in [-0.39, 0.29) is 5.69 Å². The molecule has 0 saturated heterocycles. The molecule has 0 aliphatic rings. The summed E-state index contributed by atoms with van der Waals surface area (Å²) in [4.78, 5) is 22.9. The van der Waals surface area contributed by atoms with Crippen LogP contribution in [0.5, 0.6) is 0 Å². The van der Waals surface area contributed by atoms with Gasteiger partial charge < -0.3 is 10.0 Å². The van der Waals surface area contributed by atoms with Crippen molar-refractivity contribution in [2.45, 2.75) is 13.8 Å². The molecule has 0 aliphatic carbocycles. The molecule has 0 spiro atoms. The minimum absolute atomic E-state index is 0.0174. The number of anilines is 1. The Morgan fingerprint density at radius 3 is 2.53 bits per heavy atom. The van der Waals surface area contributed by atoms with Crippen molar-refractivity contribution >= 4 is 23.4 Å². The van der Waals surface area contributed by atoms with Gasteiger partial charge in [0.1, 0.15) is 5.69 Å². The predicted molar refractivity (Wildman–Crippen MR) is 73.3 cm³/mol. The minimum Gasteiger partial charge on any atom is -0.478 e. The molecule has 0 atom stereocenters. The summed E-state index contributed by atoms with van der Waals surface area (Å²) >= 11 is 0. The summed E-state index contributed by atoms with van der Waals surface area (Å²) in [5, 5.41) is 19.6. The second-order valence-electron chi connectivity index (χ2n) is 3.85. The highest BCUT2D eigenvalue weighted by Gasteiger charge is 2.17. The zero-order valence-corrected chi connectivity index (χ0v) is 10.9. The lowest BCUT2D eigenvalue weighted by atomic mass is 10.1. The third-order valence-corrected chi connectivity index (χ3v) is 2.72. The number of nitrogens with zero attached hydrogens (tertiary/aromatic N) is 2. The first-order chi connectivity index (χ1) is 8.99. The maximum absolute atomic E-state index is 11.1. The van der Waals surface area contributed by atoms with E-state index in [0.717, 1.165) is 6.08 Å². The van der Waals surface area contributed by atoms with Crippen LogP contribution >= 0.6 is 0 Å². The van der Waals surface area contributed by atoms with Crippen LogP contribution in [0.1, 0.15) is 19.4 Å². The van der Waals surface area contributed by atoms with E-state index in [1.54, 1.807) is 12.1 Å². The van der Waals surface area contributed by atoms with Crippen LogP contribution in [0.15, 0.2) is 24.3 Å². The van der Waals surface area contributed by atoms with Crippen LogP contribution in [0.4, 0.5) is 11.4 Å². The number of hydrogen-bond donors (Lipinski definition) is 1. The first kappa shape index (κ1) is 14.7. The van der Waals surface area contributed by atoms with Crippen LogP contribution in [-0.2, 0) is 4.79 Å². The Bertz CT molecular complexity index is 507. The van der Waals surface area contributed by atoms with E-state index in [2.05, 4.69) is 0 Å². The largest absolute Gasteiger partial charge is 0.478 e. The fourth-order valence-electron chi connectivity index (χ4n) is 1.79. The standard InChI is InChI=1S/C13H16N2O4/c1-3-14(4-2)11-7-5-10(6-8-13(16)17)9-12(11)15(18)19/h5-9H,3-4H2,1-2H3,(H,16,17)/b8-6+. The Morgan fingerprint density at radius 1 is 1.42 bits per heavy atom. The van der Waals surface area contributed by atoms with Crippen molar-refractivity contribution in [2.75, 3.05) is 18.0 Å². The first-order valence-electron chi connectivity index (χ1n) is 5.94. The lowest BCUT2D eigenvalue weighted by Gasteiger charge is -2.20. The molecule has 0 heterocycles. The van der Waals surface area contributed by atoms with Crippen molar-refractivity contribution in [3.8, 4) is 0 Å². The average Bonchev–Trinajstić information content (AvgIpc) is 2.38. The second-order valence-corrected chi connectivity index (χ2v) is 3.85. The van der Waals surface area contributed by atoms with Gasteiger partial charge in [-0.2, -0.15) is 0 Å². The summed E-state index contributed by atoms with van der Waals surface area (Å²) in [5.74, 6) is -1.09. The molecular weight excluding hydrogens is 248 g/mol. The maximum atomic E-state index is 11.1. The highest BCUT2D eigenvalue weighted by Crippen LogP contribution is 2.29. The van der Waals surface area contributed by atoms with Gasteiger partial charge in [-0.1, -0.05) is 6.07 Å². The number of benzene rings is 1. The molecule has 1 aromatic carbocycles. The fraction of sp³-hybridized carbons (Fsp3) is 0.308. The van der Waals surface area contributed by atoms with Gasteiger partial charge in [0.2, 0.25) is 0 Å². The highest BCUT2D eigenvalue weighted by atomic mass is 16.6. The van der Waals surface area contributed by atoms with Gasteiger partial charge >= 0.3 is 5.97 Å². The molecule has 1 rings (SSSR count). The van der Waals surface area contributed by atoms with Crippen molar-refractivity contribution in [1.82, 2.24) is 0 Å². The molecule has 0 bridgehead atoms. The van der Waals surface area contributed by atoms with Crippen molar-refractivity contribution in [2.24, 2.45) is 0 Å². The summed E-state index contributed by atoms with van der Waals surface area (Å²) < 4.78 is 0. The Kier molecular flexibility index (Phi) is 5.05. The second kappa shape index (κ2) is 6.53. The van der Waals surface area contributed by atoms with Crippen molar-refractivity contribution in [1.29, 1.82) is 0 Å². The Balaban J connectivity index is 3.22. The molecule has 0 aliphatic heterocycles. The number of nitro groups is 1. The lowest BCUT2D eigenvalue weighted by molar-refractivity contribution is -0.384. The third kappa shape index (κ3) is 3.80. The van der Waals surface area contributed by atoms with E-state index in [9.17, 15) is 14.9 Å². The van der Waals surface area contributed by atoms with Crippen LogP contribution in [0.2, 0.25) is 0 Å².